The number of amides is 1. The predicted octanol–water partition coefficient (Wildman–Crippen LogP) is 2.04. The van der Waals surface area contributed by atoms with Crippen molar-refractivity contribution in [2.75, 3.05) is 32.7 Å². The molecule has 0 unspecified atom stereocenters. The number of nitrogens with zero attached hydrogens (tertiary/aromatic N) is 3. The highest BCUT2D eigenvalue weighted by molar-refractivity contribution is 9.10. The maximum Gasteiger partial charge on any atom is 0.254 e. The van der Waals surface area contributed by atoms with Crippen LogP contribution in [0.3, 0.4) is 0 Å². The van der Waals surface area contributed by atoms with Crippen molar-refractivity contribution in [1.82, 2.24) is 14.6 Å². The monoisotopic (exact) mass is 482 g/mol. The summed E-state index contributed by atoms with van der Waals surface area (Å²) >= 11 is 3.29. The minimum absolute atomic E-state index is 0.0841. The predicted molar refractivity (Wildman–Crippen MR) is 111 cm³/mol. The van der Waals surface area contributed by atoms with Crippen LogP contribution in [-0.2, 0) is 14.8 Å². The number of halogens is 2. The summed E-state index contributed by atoms with van der Waals surface area (Å²) in [7, 11) is -3.55. The first-order valence-electron chi connectivity index (χ1n) is 8.91. The topological polar surface area (TPSA) is 82.1 Å². The van der Waals surface area contributed by atoms with Gasteiger partial charge in [-0.25, -0.2) is 18.2 Å². The van der Waals surface area contributed by atoms with E-state index in [2.05, 4.69) is 26.5 Å². The molecule has 7 nitrogen and oxygen atoms in total. The van der Waals surface area contributed by atoms with Gasteiger partial charge in [-0.05, 0) is 30.3 Å². The van der Waals surface area contributed by atoms with Crippen LogP contribution in [0.25, 0.3) is 0 Å². The summed E-state index contributed by atoms with van der Waals surface area (Å²) in [6, 6.07) is 12.6. The van der Waals surface area contributed by atoms with E-state index in [0.717, 1.165) is 4.47 Å². The third-order valence-electron chi connectivity index (χ3n) is 4.45. The van der Waals surface area contributed by atoms with Crippen LogP contribution in [0.2, 0.25) is 0 Å². The van der Waals surface area contributed by atoms with Gasteiger partial charge in [-0.15, -0.1) is 0 Å². The zero-order valence-corrected chi connectivity index (χ0v) is 17.9. The fraction of sp³-hybridized carbons (Fsp3) is 0.263. The molecule has 0 radical (unpaired) electrons. The van der Waals surface area contributed by atoms with Crippen molar-refractivity contribution in [2.24, 2.45) is 5.10 Å². The molecule has 0 saturated carbocycles. The molecule has 1 saturated heterocycles. The van der Waals surface area contributed by atoms with Crippen LogP contribution in [0.1, 0.15) is 5.56 Å². The Hall–Kier alpha value is -2.14. The number of hydrazone groups is 1. The first kappa shape index (κ1) is 21.6. The van der Waals surface area contributed by atoms with Gasteiger partial charge in [-0.1, -0.05) is 34.1 Å². The third-order valence-corrected chi connectivity index (χ3v) is 6.89. The first-order chi connectivity index (χ1) is 13.9. The van der Waals surface area contributed by atoms with E-state index in [0.29, 0.717) is 26.2 Å². The minimum atomic E-state index is -3.55. The van der Waals surface area contributed by atoms with Crippen LogP contribution >= 0.6 is 15.9 Å². The molecule has 0 atom stereocenters. The van der Waals surface area contributed by atoms with Crippen LogP contribution in [0.15, 0.2) is 63.0 Å². The smallest absolute Gasteiger partial charge is 0.254 e. The molecule has 154 valence electrons. The van der Waals surface area contributed by atoms with Crippen molar-refractivity contribution in [3.8, 4) is 0 Å². The molecule has 10 heteroatoms. The molecule has 2 aromatic rings. The SMILES string of the molecule is O=C(CN1CCN(S(=O)(=O)c2ccc(Br)cc2)CC1)N/N=C/c1ccccc1F. The van der Waals surface area contributed by atoms with E-state index >= 15 is 0 Å². The molecule has 1 heterocycles. The van der Waals surface area contributed by atoms with E-state index in [9.17, 15) is 17.6 Å². The van der Waals surface area contributed by atoms with Gasteiger partial charge in [-0.3, -0.25) is 9.69 Å². The molecule has 0 aromatic heterocycles. The van der Waals surface area contributed by atoms with Gasteiger partial charge in [0.1, 0.15) is 5.82 Å². The van der Waals surface area contributed by atoms with Gasteiger partial charge in [0, 0.05) is 36.2 Å². The summed E-state index contributed by atoms with van der Waals surface area (Å²) in [5.41, 5.74) is 2.64. The molecular formula is C19H20BrFN4O3S. The molecular weight excluding hydrogens is 463 g/mol. The number of carbonyl (C=O) groups is 1. The maximum atomic E-state index is 13.5. The molecule has 1 fully saturated rings. The third kappa shape index (κ3) is 5.69. The van der Waals surface area contributed by atoms with E-state index in [4.69, 9.17) is 0 Å². The highest BCUT2D eigenvalue weighted by Crippen LogP contribution is 2.20. The lowest BCUT2D eigenvalue weighted by Crippen LogP contribution is -2.50. The highest BCUT2D eigenvalue weighted by atomic mass is 79.9. The number of hydrogen-bond acceptors (Lipinski definition) is 5. The highest BCUT2D eigenvalue weighted by Gasteiger charge is 2.28. The van der Waals surface area contributed by atoms with E-state index in [1.54, 1.807) is 42.5 Å². The van der Waals surface area contributed by atoms with Gasteiger partial charge < -0.3 is 0 Å². The lowest BCUT2D eigenvalue weighted by molar-refractivity contribution is -0.122. The van der Waals surface area contributed by atoms with Crippen molar-refractivity contribution in [3.63, 3.8) is 0 Å². The van der Waals surface area contributed by atoms with Crippen molar-refractivity contribution < 1.29 is 17.6 Å². The first-order valence-corrected chi connectivity index (χ1v) is 11.1. The number of piperazine rings is 1. The standard InChI is InChI=1S/C19H20BrFN4O3S/c20-16-5-7-17(8-6-16)29(27,28)25-11-9-24(10-12-25)14-19(26)23-22-13-15-3-1-2-4-18(15)21/h1-8,13H,9-12,14H2,(H,23,26)/b22-13+. The Bertz CT molecular complexity index is 991. The van der Waals surface area contributed by atoms with E-state index < -0.39 is 15.8 Å². The van der Waals surface area contributed by atoms with Crippen LogP contribution in [0.4, 0.5) is 4.39 Å². The number of rotatable bonds is 6. The fourth-order valence-corrected chi connectivity index (χ4v) is 4.56. The summed E-state index contributed by atoms with van der Waals surface area (Å²) in [6.45, 7) is 1.54. The molecule has 1 amide bonds. The number of sulfonamides is 1. The summed E-state index contributed by atoms with van der Waals surface area (Å²) in [4.78, 5) is 14.1. The maximum absolute atomic E-state index is 13.5. The van der Waals surface area contributed by atoms with Gasteiger partial charge in [0.15, 0.2) is 0 Å². The van der Waals surface area contributed by atoms with Crippen LogP contribution < -0.4 is 5.43 Å². The summed E-state index contributed by atoms with van der Waals surface area (Å²) in [5, 5.41) is 3.77. The molecule has 0 bridgehead atoms. The Morgan fingerprint density at radius 2 is 1.76 bits per heavy atom. The quantitative estimate of drug-likeness (QED) is 0.504. The molecule has 1 aliphatic rings. The molecule has 0 spiro atoms. The van der Waals surface area contributed by atoms with Gasteiger partial charge in [0.25, 0.3) is 5.91 Å². The van der Waals surface area contributed by atoms with Crippen molar-refractivity contribution in [2.45, 2.75) is 4.90 Å². The molecule has 29 heavy (non-hydrogen) atoms. The fourth-order valence-electron chi connectivity index (χ4n) is 2.88. The lowest BCUT2D eigenvalue weighted by atomic mass is 10.2. The average Bonchev–Trinajstić information content (AvgIpc) is 2.70. The minimum Gasteiger partial charge on any atom is -0.292 e. The second-order valence-electron chi connectivity index (χ2n) is 6.45. The summed E-state index contributed by atoms with van der Waals surface area (Å²) in [6.07, 6.45) is 1.25. The Kier molecular flexibility index (Phi) is 7.12. The Morgan fingerprint density at radius 1 is 1.10 bits per heavy atom. The number of benzene rings is 2. The number of nitrogens with one attached hydrogen (secondary N) is 1. The molecule has 1 N–H and O–H groups in total. The van der Waals surface area contributed by atoms with Gasteiger partial charge in [0.2, 0.25) is 10.0 Å². The Morgan fingerprint density at radius 3 is 2.41 bits per heavy atom. The van der Waals surface area contributed by atoms with E-state index in [1.165, 1.54) is 16.6 Å². The molecule has 3 rings (SSSR count). The number of carbonyl (C=O) groups excluding carboxylic acids is 1. The molecule has 0 aliphatic carbocycles. The van der Waals surface area contributed by atoms with E-state index in [-0.39, 0.29) is 22.9 Å². The van der Waals surface area contributed by atoms with Crippen LogP contribution in [0.5, 0.6) is 0 Å². The second kappa shape index (κ2) is 9.57. The van der Waals surface area contributed by atoms with Crippen LogP contribution in [0, 0.1) is 5.82 Å². The van der Waals surface area contributed by atoms with Gasteiger partial charge in [0.05, 0.1) is 17.7 Å². The zero-order chi connectivity index (χ0) is 20.9. The van der Waals surface area contributed by atoms with Gasteiger partial charge in [-0.2, -0.15) is 9.41 Å². The Balaban J connectivity index is 1.48. The molecule has 2 aromatic carbocycles. The second-order valence-corrected chi connectivity index (χ2v) is 9.30. The van der Waals surface area contributed by atoms with Crippen molar-refractivity contribution >= 4 is 38.1 Å². The van der Waals surface area contributed by atoms with Gasteiger partial charge >= 0.3 is 0 Å². The van der Waals surface area contributed by atoms with E-state index in [1.807, 2.05) is 4.90 Å². The van der Waals surface area contributed by atoms with Crippen LogP contribution in [-0.4, -0.2) is 62.5 Å². The lowest BCUT2D eigenvalue weighted by Gasteiger charge is -2.33. The zero-order valence-electron chi connectivity index (χ0n) is 15.5. The molecule has 1 aliphatic heterocycles. The number of hydrogen-bond donors (Lipinski definition) is 1. The Labute approximate surface area is 177 Å². The van der Waals surface area contributed by atoms with Crippen molar-refractivity contribution in [1.29, 1.82) is 0 Å². The largest absolute Gasteiger partial charge is 0.292 e. The normalized spacial score (nSPS) is 16.2. The summed E-state index contributed by atoms with van der Waals surface area (Å²) in [5.74, 6) is -0.768. The van der Waals surface area contributed by atoms with Crippen molar-refractivity contribution in [3.05, 3.63) is 64.4 Å². The average molecular weight is 483 g/mol. The summed E-state index contributed by atoms with van der Waals surface area (Å²) < 4.78 is 41.1.